The first kappa shape index (κ1) is 32.7. The molecular formula is C27H37Cl3N4O3. The zero-order valence-corrected chi connectivity index (χ0v) is 24.4. The molecule has 2 heterocycles. The van der Waals surface area contributed by atoms with E-state index in [4.69, 9.17) is 44.6 Å². The third kappa shape index (κ3) is 10.5. The van der Waals surface area contributed by atoms with Gasteiger partial charge < -0.3 is 14.8 Å². The fraction of sp³-hybridized carbons (Fsp3) is 0.444. The van der Waals surface area contributed by atoms with Gasteiger partial charge >= 0.3 is 0 Å². The van der Waals surface area contributed by atoms with E-state index < -0.39 is 0 Å². The van der Waals surface area contributed by atoms with Gasteiger partial charge in [-0.15, -0.1) is 11.6 Å². The quantitative estimate of drug-likeness (QED) is 0.263. The Labute approximate surface area is 234 Å². The largest absolute Gasteiger partial charge is 0.491 e. The number of H-pyrrole nitrogens is 1. The van der Waals surface area contributed by atoms with Gasteiger partial charge in [-0.05, 0) is 30.0 Å². The summed E-state index contributed by atoms with van der Waals surface area (Å²) in [7, 11) is 0. The van der Waals surface area contributed by atoms with E-state index in [1.807, 2.05) is 58.9 Å². The standard InChI is InChI=1S/C20H23ClN4O3.C5H8Cl2.C2H6/c1-12(2)18-17-19(25(24-18)11-13(3)21)22-16(23-20(17)27)10-14-4-6-15(7-5-14)28-9-8-26;1-2-5(7)3-4-6;1-2/h4-7,12,26H,3,8-11H2,1-2H3,(H,22,23,27);3H,2,4H2,1H3;1-2H3/b;5-3+;. The van der Waals surface area contributed by atoms with E-state index in [0.717, 1.165) is 17.0 Å². The van der Waals surface area contributed by atoms with E-state index in [9.17, 15) is 4.79 Å². The van der Waals surface area contributed by atoms with Crippen LogP contribution < -0.4 is 10.3 Å². The van der Waals surface area contributed by atoms with Gasteiger partial charge in [0.15, 0.2) is 5.65 Å². The van der Waals surface area contributed by atoms with Crippen LogP contribution in [-0.2, 0) is 13.0 Å². The molecule has 3 rings (SSSR count). The molecule has 0 spiro atoms. The maximum Gasteiger partial charge on any atom is 0.262 e. The smallest absolute Gasteiger partial charge is 0.262 e. The molecule has 0 aliphatic rings. The summed E-state index contributed by atoms with van der Waals surface area (Å²) in [5.74, 6) is 1.81. The molecule has 2 aromatic heterocycles. The minimum Gasteiger partial charge on any atom is -0.491 e. The fourth-order valence-corrected chi connectivity index (χ4v) is 3.66. The number of halogens is 3. The molecule has 0 aliphatic heterocycles. The summed E-state index contributed by atoms with van der Waals surface area (Å²) in [6, 6.07) is 7.43. The summed E-state index contributed by atoms with van der Waals surface area (Å²) in [4.78, 5) is 20.2. The Hall–Kier alpha value is -2.32. The van der Waals surface area contributed by atoms with Crippen molar-refractivity contribution in [3.63, 3.8) is 0 Å². The lowest BCUT2D eigenvalue weighted by molar-refractivity contribution is 0.201. The summed E-state index contributed by atoms with van der Waals surface area (Å²) >= 11 is 16.8. The molecule has 0 unspecified atom stereocenters. The van der Waals surface area contributed by atoms with E-state index >= 15 is 0 Å². The van der Waals surface area contributed by atoms with Crippen LogP contribution in [0.15, 0.2) is 51.8 Å². The first-order valence-corrected chi connectivity index (χ1v) is 13.5. The van der Waals surface area contributed by atoms with E-state index in [-0.39, 0.29) is 31.2 Å². The number of aromatic nitrogens is 4. The van der Waals surface area contributed by atoms with Crippen LogP contribution >= 0.6 is 34.8 Å². The summed E-state index contributed by atoms with van der Waals surface area (Å²) in [5, 5.41) is 15.1. The highest BCUT2D eigenvalue weighted by Gasteiger charge is 2.19. The Balaban J connectivity index is 0.000000659. The van der Waals surface area contributed by atoms with E-state index in [1.165, 1.54) is 0 Å². The van der Waals surface area contributed by atoms with E-state index in [0.29, 0.717) is 45.6 Å². The highest BCUT2D eigenvalue weighted by atomic mass is 35.5. The zero-order chi connectivity index (χ0) is 28.0. The van der Waals surface area contributed by atoms with Crippen molar-refractivity contribution in [1.29, 1.82) is 0 Å². The van der Waals surface area contributed by atoms with Gasteiger partial charge in [-0.3, -0.25) is 4.79 Å². The van der Waals surface area contributed by atoms with Gasteiger partial charge in [0.2, 0.25) is 0 Å². The average Bonchev–Trinajstić information content (AvgIpc) is 3.24. The van der Waals surface area contributed by atoms with Gasteiger partial charge in [-0.1, -0.05) is 82.6 Å². The molecule has 0 fully saturated rings. The zero-order valence-electron chi connectivity index (χ0n) is 22.2. The number of hydrogen-bond donors (Lipinski definition) is 2. The molecule has 0 bridgehead atoms. The number of fused-ring (bicyclic) bond motifs is 1. The van der Waals surface area contributed by atoms with Gasteiger partial charge in [0.05, 0.1) is 18.8 Å². The number of nitrogens with zero attached hydrogens (tertiary/aromatic N) is 3. The van der Waals surface area contributed by atoms with Crippen molar-refractivity contribution >= 4 is 45.8 Å². The highest BCUT2D eigenvalue weighted by Crippen LogP contribution is 2.22. The molecule has 10 heteroatoms. The Kier molecular flexibility index (Phi) is 15.2. The number of aliphatic hydroxyl groups excluding tert-OH is 1. The van der Waals surface area contributed by atoms with Crippen molar-refractivity contribution in [3.8, 4) is 5.75 Å². The Morgan fingerprint density at radius 3 is 2.38 bits per heavy atom. The normalized spacial score (nSPS) is 11.0. The second-order valence-corrected chi connectivity index (χ2v) is 9.31. The van der Waals surface area contributed by atoms with Crippen molar-refractivity contribution < 1.29 is 9.84 Å². The SMILES string of the molecule is C=C(Cl)Cn1nc(C(C)C)c2c(=O)[nH]c(Cc3ccc(OCCO)cc3)nc21.CC.CC/C(Cl)=C\CCl. The Morgan fingerprint density at radius 1 is 1.24 bits per heavy atom. The van der Waals surface area contributed by atoms with Crippen molar-refractivity contribution in [3.05, 3.63) is 74.4 Å². The monoisotopic (exact) mass is 570 g/mol. The molecule has 3 aromatic rings. The van der Waals surface area contributed by atoms with Gasteiger partial charge in [0, 0.05) is 22.4 Å². The van der Waals surface area contributed by atoms with Crippen molar-refractivity contribution in [2.75, 3.05) is 19.1 Å². The van der Waals surface area contributed by atoms with E-state index in [2.05, 4.69) is 21.6 Å². The minimum absolute atomic E-state index is 0.0340. The average molecular weight is 572 g/mol. The van der Waals surface area contributed by atoms with Crippen LogP contribution in [0.5, 0.6) is 5.75 Å². The lowest BCUT2D eigenvalue weighted by Gasteiger charge is -2.06. The summed E-state index contributed by atoms with van der Waals surface area (Å²) in [5.41, 5.74) is 1.96. The molecule has 0 atom stereocenters. The van der Waals surface area contributed by atoms with Crippen LogP contribution in [0.4, 0.5) is 0 Å². The number of alkyl halides is 1. The van der Waals surface area contributed by atoms with Crippen LogP contribution in [0.25, 0.3) is 11.0 Å². The first-order chi connectivity index (χ1) is 17.7. The third-order valence-electron chi connectivity index (χ3n) is 4.84. The summed E-state index contributed by atoms with van der Waals surface area (Å²) < 4.78 is 6.99. The predicted molar refractivity (Wildman–Crippen MR) is 155 cm³/mol. The van der Waals surface area contributed by atoms with Crippen molar-refractivity contribution in [1.82, 2.24) is 19.7 Å². The highest BCUT2D eigenvalue weighted by molar-refractivity contribution is 6.30. The number of rotatable bonds is 10. The van der Waals surface area contributed by atoms with Crippen LogP contribution in [-0.4, -0.2) is 43.9 Å². The van der Waals surface area contributed by atoms with E-state index in [1.54, 1.807) is 10.8 Å². The minimum atomic E-state index is -0.210. The van der Waals surface area contributed by atoms with Crippen LogP contribution in [0.1, 0.15) is 64.0 Å². The number of allylic oxidation sites excluding steroid dienone is 3. The van der Waals surface area contributed by atoms with Gasteiger partial charge in [-0.25, -0.2) is 9.67 Å². The van der Waals surface area contributed by atoms with Gasteiger partial charge in [0.25, 0.3) is 5.56 Å². The Morgan fingerprint density at radius 2 is 1.89 bits per heavy atom. The van der Waals surface area contributed by atoms with Crippen molar-refractivity contribution in [2.45, 2.75) is 59.9 Å². The van der Waals surface area contributed by atoms with Crippen LogP contribution in [0, 0.1) is 0 Å². The lowest BCUT2D eigenvalue weighted by Crippen LogP contribution is -2.14. The molecule has 0 saturated heterocycles. The number of ether oxygens (including phenoxy) is 1. The predicted octanol–water partition coefficient (Wildman–Crippen LogP) is 6.74. The molecule has 0 aliphatic carbocycles. The second-order valence-electron chi connectivity index (χ2n) is 7.98. The van der Waals surface area contributed by atoms with Crippen molar-refractivity contribution in [2.24, 2.45) is 0 Å². The Bertz CT molecular complexity index is 1200. The molecule has 0 saturated carbocycles. The molecule has 7 nitrogen and oxygen atoms in total. The van der Waals surface area contributed by atoms with Crippen LogP contribution in [0.3, 0.4) is 0 Å². The summed E-state index contributed by atoms with van der Waals surface area (Å²) in [6.45, 7) is 14.2. The molecule has 0 radical (unpaired) electrons. The first-order valence-electron chi connectivity index (χ1n) is 12.3. The number of nitrogens with one attached hydrogen (secondary N) is 1. The molecule has 0 amide bonds. The van der Waals surface area contributed by atoms with Gasteiger partial charge in [0.1, 0.15) is 23.6 Å². The number of benzene rings is 1. The fourth-order valence-electron chi connectivity index (χ4n) is 3.20. The molecule has 37 heavy (non-hydrogen) atoms. The maximum atomic E-state index is 12.7. The number of aliphatic hydroxyl groups is 1. The molecular weight excluding hydrogens is 535 g/mol. The number of hydrogen-bond acceptors (Lipinski definition) is 5. The van der Waals surface area contributed by atoms with Crippen LogP contribution in [0.2, 0.25) is 0 Å². The molecule has 2 N–H and O–H groups in total. The summed E-state index contributed by atoms with van der Waals surface area (Å²) in [6.07, 6.45) is 3.13. The van der Waals surface area contributed by atoms with Gasteiger partial charge in [-0.2, -0.15) is 5.10 Å². The molecule has 1 aromatic carbocycles. The number of aromatic amines is 1. The third-order valence-corrected chi connectivity index (χ3v) is 5.53. The second kappa shape index (κ2) is 17.2. The topological polar surface area (TPSA) is 93.0 Å². The lowest BCUT2D eigenvalue weighted by atomic mass is 10.1. The molecule has 204 valence electrons. The maximum absolute atomic E-state index is 12.7.